The fourth-order valence-electron chi connectivity index (χ4n) is 3.58. The summed E-state index contributed by atoms with van der Waals surface area (Å²) in [5.74, 6) is -1.36. The van der Waals surface area contributed by atoms with Gasteiger partial charge in [0.2, 0.25) is 11.8 Å². The van der Waals surface area contributed by atoms with Crippen molar-refractivity contribution in [3.05, 3.63) is 38.2 Å². The van der Waals surface area contributed by atoms with Crippen molar-refractivity contribution in [2.24, 2.45) is 0 Å². The molecular weight excluding hydrogens is 575 g/mol. The molecule has 0 saturated carbocycles. The van der Waals surface area contributed by atoms with Crippen molar-refractivity contribution in [1.82, 2.24) is 25.1 Å². The predicted molar refractivity (Wildman–Crippen MR) is 120 cm³/mol. The van der Waals surface area contributed by atoms with Crippen molar-refractivity contribution < 1.29 is 63.6 Å². The first-order chi connectivity index (χ1) is 17.4. The Morgan fingerprint density at radius 3 is 2.35 bits per heavy atom. The third-order valence-corrected chi connectivity index (χ3v) is 5.07. The minimum absolute atomic E-state index is 0. The molecule has 0 radical (unpaired) electrons. The zero-order valence-electron chi connectivity index (χ0n) is 20.1. The molecule has 1 aliphatic rings. The van der Waals surface area contributed by atoms with E-state index in [4.69, 9.17) is 19.1 Å². The van der Waals surface area contributed by atoms with Crippen molar-refractivity contribution in [3.63, 3.8) is 0 Å². The van der Waals surface area contributed by atoms with E-state index in [9.17, 15) is 24.4 Å². The fraction of sp³-hybridized carbons (Fsp3) is 0.571. The Labute approximate surface area is 228 Å². The van der Waals surface area contributed by atoms with Gasteiger partial charge in [-0.05, 0) is 32.2 Å². The van der Waals surface area contributed by atoms with Gasteiger partial charge in [0.1, 0.15) is 5.82 Å². The van der Waals surface area contributed by atoms with Crippen LogP contribution in [0.25, 0.3) is 0 Å². The summed E-state index contributed by atoms with van der Waals surface area (Å²) in [6.45, 7) is 14.7. The van der Waals surface area contributed by atoms with Crippen LogP contribution in [0.15, 0.2) is 12.4 Å². The molecule has 0 spiro atoms. The third kappa shape index (κ3) is 17.5. The Kier molecular flexibility index (Phi) is 26.4. The van der Waals surface area contributed by atoms with E-state index in [-0.39, 0.29) is 51.4 Å². The van der Waals surface area contributed by atoms with Crippen LogP contribution in [0.1, 0.15) is 44.3 Å². The maximum atomic E-state index is 12.2. The number of aromatic nitrogens is 2. The molecule has 2 heterocycles. The number of likely N-dealkylation sites (tertiary alicyclic amines) is 1. The molecule has 0 bridgehead atoms. The topological polar surface area (TPSA) is 219 Å². The average molecular weight is 605 g/mol. The van der Waals surface area contributed by atoms with Gasteiger partial charge in [0, 0.05) is 25.4 Å². The van der Waals surface area contributed by atoms with Gasteiger partial charge in [0.25, 0.3) is 0 Å². The third-order valence-electron chi connectivity index (χ3n) is 5.07. The Hall–Kier alpha value is -2.57. The van der Waals surface area contributed by atoms with Crippen LogP contribution >= 0.6 is 0 Å². The maximum absolute atomic E-state index is 12.2. The molecule has 1 aliphatic heterocycles. The number of aromatic amines is 1. The Morgan fingerprint density at radius 1 is 1.16 bits per heavy atom. The Morgan fingerprint density at radius 2 is 1.81 bits per heavy atom. The first-order valence-corrected chi connectivity index (χ1v) is 10.8. The molecule has 1 saturated heterocycles. The molecule has 5 N–H and O–H groups in total. The minimum Gasteiger partial charge on any atom is 7.00 e. The molecule has 1 aromatic heterocycles. The summed E-state index contributed by atoms with van der Waals surface area (Å²) in [4.78, 5) is 45.4. The summed E-state index contributed by atoms with van der Waals surface area (Å²) in [5.41, 5.74) is 0. The zero-order chi connectivity index (χ0) is 27.9. The van der Waals surface area contributed by atoms with Crippen molar-refractivity contribution in [1.29, 1.82) is 0 Å². The number of rotatable bonds is 13. The minimum atomic E-state index is -1.57. The van der Waals surface area contributed by atoms with Crippen LogP contribution in [0.4, 0.5) is 0 Å². The summed E-state index contributed by atoms with van der Waals surface area (Å²) in [5, 5.41) is 30.2. The molecule has 14 nitrogen and oxygen atoms in total. The molecule has 1 unspecified atom stereocenters. The van der Waals surface area contributed by atoms with Gasteiger partial charge in [-0.15, -0.1) is 0 Å². The standard InChI is InChI=1S/C18H30BN5O6.3CO.Tc/c25-16(22-11-17(26)24-10-4-5-14(24)19(29)30)6-2-1-3-9-23(13-18(27)28)12-15-20-7-8-21-15;3*1-2;/h7-8,14,29-30H,1-6,9-13H2,(H,20,21)(H,22,25)(H,27,28);;;;/q;;;;+7. The van der Waals surface area contributed by atoms with Crippen LogP contribution in [-0.2, 0) is 55.0 Å². The number of H-pyrrole nitrogens is 1. The number of hydrogen-bond donors (Lipinski definition) is 5. The monoisotopic (exact) mass is 604 g/mol. The van der Waals surface area contributed by atoms with Crippen molar-refractivity contribution in [3.8, 4) is 0 Å². The number of amides is 2. The molecule has 0 aromatic carbocycles. The number of carboxylic acid groups (broad SMARTS) is 1. The number of carbonyl (C=O) groups is 3. The molecule has 2 amide bonds. The van der Waals surface area contributed by atoms with Gasteiger partial charge in [-0.25, -0.2) is 4.98 Å². The molecule has 2 rings (SSSR count). The Bertz CT molecular complexity index is 807. The fourth-order valence-corrected chi connectivity index (χ4v) is 3.58. The second-order valence-electron chi connectivity index (χ2n) is 7.44. The van der Waals surface area contributed by atoms with Gasteiger partial charge in [0.15, 0.2) is 0 Å². The van der Waals surface area contributed by atoms with Crippen LogP contribution in [0.5, 0.6) is 0 Å². The zero-order valence-corrected chi connectivity index (χ0v) is 22.0. The summed E-state index contributed by atoms with van der Waals surface area (Å²) in [7, 11) is -1.57. The molecule has 37 heavy (non-hydrogen) atoms. The van der Waals surface area contributed by atoms with E-state index in [0.717, 1.165) is 12.8 Å². The summed E-state index contributed by atoms with van der Waals surface area (Å²) < 4.78 is 22.5. The van der Waals surface area contributed by atoms with Gasteiger partial charge in [-0.1, -0.05) is 6.42 Å². The van der Waals surface area contributed by atoms with E-state index >= 15 is 0 Å². The van der Waals surface area contributed by atoms with Gasteiger partial charge in [0.05, 0.1) is 25.6 Å². The van der Waals surface area contributed by atoms with Crippen LogP contribution in [0.2, 0.25) is 0 Å². The van der Waals surface area contributed by atoms with Gasteiger partial charge in [-0.2, -0.15) is 0 Å². The number of carbonyl (C=O) groups excluding carboxylic acids is 2. The van der Waals surface area contributed by atoms with E-state index in [1.165, 1.54) is 4.90 Å². The number of nitrogens with one attached hydrogen (secondary N) is 2. The summed E-state index contributed by atoms with van der Waals surface area (Å²) in [6, 6.07) is 0. The second-order valence-corrected chi connectivity index (χ2v) is 7.44. The normalized spacial score (nSPS) is 13.2. The number of carboxylic acids is 1. The molecule has 1 fully saturated rings. The Balaban J connectivity index is -0.00000153. The van der Waals surface area contributed by atoms with Crippen LogP contribution in [-0.4, -0.2) is 91.9 Å². The molecule has 1 aromatic rings. The van der Waals surface area contributed by atoms with Gasteiger partial charge < -0.3 is 30.4 Å². The van der Waals surface area contributed by atoms with Crippen LogP contribution in [0.3, 0.4) is 0 Å². The number of unbranched alkanes of at least 4 members (excludes halogenated alkanes) is 2. The molecule has 196 valence electrons. The van der Waals surface area contributed by atoms with Crippen LogP contribution in [0, 0.1) is 20.0 Å². The first kappa shape index (κ1) is 39.0. The van der Waals surface area contributed by atoms with Gasteiger partial charge in [-0.3, -0.25) is 19.3 Å². The molecule has 16 heteroatoms. The quantitative estimate of drug-likeness (QED) is 0.0799. The largest absolute Gasteiger partial charge is 7.00 e. The average Bonchev–Trinajstić information content (AvgIpc) is 3.58. The molecule has 0 aliphatic carbocycles. The van der Waals surface area contributed by atoms with Crippen molar-refractivity contribution in [2.75, 3.05) is 26.2 Å². The first-order valence-electron chi connectivity index (χ1n) is 10.8. The maximum Gasteiger partial charge on any atom is 7.00 e. The smallest absolute Gasteiger partial charge is 7.00 e. The molecular formula is C21H30BN5O9Tc+7. The van der Waals surface area contributed by atoms with E-state index in [1.807, 2.05) is 0 Å². The predicted octanol–water partition coefficient (Wildman–Crippen LogP) is -1.14. The van der Waals surface area contributed by atoms with Crippen molar-refractivity contribution >= 4 is 24.9 Å². The van der Waals surface area contributed by atoms with Gasteiger partial charge >= 0.3 is 67.1 Å². The van der Waals surface area contributed by atoms with E-state index in [0.29, 0.717) is 44.7 Å². The van der Waals surface area contributed by atoms with Crippen LogP contribution < -0.4 is 5.32 Å². The number of aliphatic carboxylic acids is 1. The summed E-state index contributed by atoms with van der Waals surface area (Å²) >= 11 is 0. The van der Waals surface area contributed by atoms with E-state index in [2.05, 4.69) is 35.2 Å². The van der Waals surface area contributed by atoms with Crippen molar-refractivity contribution in [2.45, 2.75) is 51.0 Å². The number of nitrogens with zero attached hydrogens (tertiary/aromatic N) is 3. The number of imidazole rings is 1. The SMILES string of the molecule is O=C(O)CN(CCCCCC(=O)NCC(=O)N1CCCC1B(O)O)Cc1ncc[nH]1.[C-]#[O+].[C-]#[O+].[C-]#[O+].[Tc+7]. The van der Waals surface area contributed by atoms with E-state index in [1.54, 1.807) is 17.3 Å². The number of hydrogen-bond acceptors (Lipinski definition) is 7. The summed E-state index contributed by atoms with van der Waals surface area (Å²) in [6.07, 6.45) is 6.95. The second kappa shape index (κ2) is 25.1. The van der Waals surface area contributed by atoms with E-state index < -0.39 is 19.0 Å². The molecule has 1 atom stereocenters.